The number of aromatic amines is 1. The molecule has 3 rings (SSSR count). The van der Waals surface area contributed by atoms with Crippen LogP contribution < -0.4 is 11.1 Å². The number of amidine groups is 1. The van der Waals surface area contributed by atoms with Crippen LogP contribution in [0.1, 0.15) is 31.6 Å². The lowest BCUT2D eigenvalue weighted by molar-refractivity contribution is -0.117. The average molecular weight is 361 g/mol. The van der Waals surface area contributed by atoms with Crippen LogP contribution in [0.15, 0.2) is 29.0 Å². The van der Waals surface area contributed by atoms with E-state index in [1.165, 1.54) is 0 Å². The fourth-order valence-corrected chi connectivity index (χ4v) is 3.26. The zero-order chi connectivity index (χ0) is 18.2. The third kappa shape index (κ3) is 5.01. The molecule has 0 aliphatic carbocycles. The van der Waals surface area contributed by atoms with Gasteiger partial charge >= 0.3 is 0 Å². The summed E-state index contributed by atoms with van der Waals surface area (Å²) in [5.74, 6) is 0.374. The minimum atomic E-state index is -0.0777. The number of amides is 1. The number of nitrogens with one attached hydrogen (secondary N) is 2. The molecule has 5 N–H and O–H groups in total. The molecule has 3 heterocycles. The van der Waals surface area contributed by atoms with Gasteiger partial charge in [-0.1, -0.05) is 6.92 Å². The van der Waals surface area contributed by atoms with Crippen molar-refractivity contribution in [2.24, 2.45) is 10.7 Å². The third-order valence-corrected chi connectivity index (χ3v) is 4.41. The van der Waals surface area contributed by atoms with Gasteiger partial charge in [0, 0.05) is 41.8 Å². The van der Waals surface area contributed by atoms with Crippen LogP contribution in [0.4, 0.5) is 5.69 Å². The second kappa shape index (κ2) is 9.14. The molecule has 0 aromatic carbocycles. The Labute approximate surface area is 150 Å². The molecule has 25 heavy (non-hydrogen) atoms. The molecular formula is C17H23N5O2S. The number of H-pyrrole nitrogens is 1. The minimum absolute atomic E-state index is 0.0777. The van der Waals surface area contributed by atoms with Crippen molar-refractivity contribution in [2.75, 3.05) is 13.2 Å². The van der Waals surface area contributed by atoms with Gasteiger partial charge in [0.2, 0.25) is 5.91 Å². The van der Waals surface area contributed by atoms with Crippen LogP contribution in [0.2, 0.25) is 0 Å². The van der Waals surface area contributed by atoms with E-state index < -0.39 is 0 Å². The summed E-state index contributed by atoms with van der Waals surface area (Å²) in [5.41, 5.74) is 8.40. The van der Waals surface area contributed by atoms with Crippen LogP contribution in [-0.4, -0.2) is 40.2 Å². The van der Waals surface area contributed by atoms with E-state index >= 15 is 0 Å². The van der Waals surface area contributed by atoms with Crippen LogP contribution >= 0.6 is 11.3 Å². The molecule has 7 nitrogen and oxygen atoms in total. The van der Waals surface area contributed by atoms with Crippen molar-refractivity contribution < 1.29 is 9.90 Å². The van der Waals surface area contributed by atoms with Crippen molar-refractivity contribution in [1.82, 2.24) is 15.5 Å². The highest BCUT2D eigenvalue weighted by molar-refractivity contribution is 7.17. The number of nitrogens with zero attached hydrogens (tertiary/aromatic N) is 2. The zero-order valence-corrected chi connectivity index (χ0v) is 15.2. The Morgan fingerprint density at radius 1 is 1.48 bits per heavy atom. The van der Waals surface area contributed by atoms with Gasteiger partial charge in [-0.15, -0.1) is 11.3 Å². The summed E-state index contributed by atoms with van der Waals surface area (Å²) in [6.45, 7) is 4.61. The number of hydrogen-bond acceptors (Lipinski definition) is 6. The number of aromatic nitrogens is 2. The largest absolute Gasteiger partial charge is 0.397 e. The SMILES string of the molecule is CCCNC(=O)C1=Cc2sc(-c3cn[nH]c3)cc2N=C(N)C1.CCO. The quantitative estimate of drug-likeness (QED) is 0.669. The Morgan fingerprint density at radius 3 is 2.88 bits per heavy atom. The number of thiophene rings is 1. The Bertz CT molecular complexity index is 762. The van der Waals surface area contributed by atoms with E-state index in [1.54, 1.807) is 24.5 Å². The molecule has 134 valence electrons. The second-order valence-electron chi connectivity index (χ2n) is 5.37. The Hall–Kier alpha value is -2.45. The molecule has 1 amide bonds. The third-order valence-electron chi connectivity index (χ3n) is 3.29. The number of aliphatic hydroxyl groups is 1. The molecule has 0 bridgehead atoms. The lowest BCUT2D eigenvalue weighted by atomic mass is 10.1. The van der Waals surface area contributed by atoms with Gasteiger partial charge in [-0.25, -0.2) is 4.99 Å². The van der Waals surface area contributed by atoms with Crippen LogP contribution in [0.25, 0.3) is 16.5 Å². The highest BCUT2D eigenvalue weighted by Gasteiger charge is 2.18. The molecular weight excluding hydrogens is 338 g/mol. The Balaban J connectivity index is 0.000000701. The summed E-state index contributed by atoms with van der Waals surface area (Å²) < 4.78 is 0. The zero-order valence-electron chi connectivity index (χ0n) is 14.4. The van der Waals surface area contributed by atoms with Crippen LogP contribution in [0.3, 0.4) is 0 Å². The van der Waals surface area contributed by atoms with E-state index in [4.69, 9.17) is 10.8 Å². The summed E-state index contributed by atoms with van der Waals surface area (Å²) >= 11 is 1.57. The number of fused-ring (bicyclic) bond motifs is 1. The molecule has 1 aliphatic heterocycles. The van der Waals surface area contributed by atoms with Crippen LogP contribution in [0, 0.1) is 0 Å². The van der Waals surface area contributed by atoms with Gasteiger partial charge in [-0.2, -0.15) is 5.10 Å². The normalized spacial score (nSPS) is 12.9. The second-order valence-corrected chi connectivity index (χ2v) is 6.45. The first kappa shape index (κ1) is 18.9. The first-order chi connectivity index (χ1) is 12.1. The lowest BCUT2D eigenvalue weighted by Gasteiger charge is -2.06. The molecule has 0 atom stereocenters. The first-order valence-corrected chi connectivity index (χ1v) is 8.96. The summed E-state index contributed by atoms with van der Waals surface area (Å²) in [7, 11) is 0. The maximum absolute atomic E-state index is 12.2. The fourth-order valence-electron chi connectivity index (χ4n) is 2.21. The van der Waals surface area contributed by atoms with Gasteiger partial charge in [-0.05, 0) is 25.5 Å². The summed E-state index contributed by atoms with van der Waals surface area (Å²) in [6.07, 6.45) is 6.75. The summed E-state index contributed by atoms with van der Waals surface area (Å²) in [6, 6.07) is 1.97. The number of rotatable bonds is 4. The van der Waals surface area contributed by atoms with Crippen molar-refractivity contribution in [3.05, 3.63) is 28.9 Å². The molecule has 2 aromatic rings. The van der Waals surface area contributed by atoms with Crippen LogP contribution in [-0.2, 0) is 4.79 Å². The number of nitrogens with two attached hydrogens (primary N) is 1. The average Bonchev–Trinajstić information content (AvgIpc) is 3.20. The van der Waals surface area contributed by atoms with E-state index in [-0.39, 0.29) is 12.5 Å². The molecule has 0 fully saturated rings. The molecule has 0 unspecified atom stereocenters. The Kier molecular flexibility index (Phi) is 6.91. The molecule has 1 aliphatic rings. The van der Waals surface area contributed by atoms with Crippen molar-refractivity contribution in [3.8, 4) is 10.4 Å². The van der Waals surface area contributed by atoms with E-state index in [1.807, 2.05) is 25.3 Å². The van der Waals surface area contributed by atoms with Gasteiger partial charge in [0.1, 0.15) is 5.84 Å². The van der Waals surface area contributed by atoms with Gasteiger partial charge in [-0.3, -0.25) is 9.89 Å². The van der Waals surface area contributed by atoms with Crippen molar-refractivity contribution in [1.29, 1.82) is 0 Å². The summed E-state index contributed by atoms with van der Waals surface area (Å²) in [4.78, 5) is 18.6. The first-order valence-electron chi connectivity index (χ1n) is 8.14. The van der Waals surface area contributed by atoms with E-state index in [0.29, 0.717) is 24.4 Å². The number of aliphatic imine (C=N–C) groups is 1. The van der Waals surface area contributed by atoms with Gasteiger partial charge in [0.05, 0.1) is 16.8 Å². The number of carbonyl (C=O) groups excluding carboxylic acids is 1. The maximum atomic E-state index is 12.2. The van der Waals surface area contributed by atoms with Crippen LogP contribution in [0.5, 0.6) is 0 Å². The fraction of sp³-hybridized carbons (Fsp3) is 0.353. The topological polar surface area (TPSA) is 116 Å². The van der Waals surface area contributed by atoms with Crippen molar-refractivity contribution in [3.63, 3.8) is 0 Å². The Morgan fingerprint density at radius 2 is 2.24 bits per heavy atom. The predicted molar refractivity (Wildman–Crippen MR) is 102 cm³/mol. The molecule has 0 saturated heterocycles. The van der Waals surface area contributed by atoms with Gasteiger partial charge in [0.25, 0.3) is 0 Å². The standard InChI is InChI=1S/C15H17N5OS.C2H6O/c1-2-3-17-15(21)9-4-13-11(20-14(16)5-9)6-12(22-13)10-7-18-19-8-10;1-2-3/h4,6-8H,2-3,5H2,1H3,(H2,16,20)(H,17,21)(H,18,19);3H,2H2,1H3. The van der Waals surface area contributed by atoms with E-state index in [9.17, 15) is 4.79 Å². The molecule has 0 radical (unpaired) electrons. The highest BCUT2D eigenvalue weighted by atomic mass is 32.1. The van der Waals surface area contributed by atoms with E-state index in [0.717, 1.165) is 27.4 Å². The predicted octanol–water partition coefficient (Wildman–Crippen LogP) is 2.44. The smallest absolute Gasteiger partial charge is 0.247 e. The number of aliphatic hydroxyl groups excluding tert-OH is 1. The lowest BCUT2D eigenvalue weighted by Crippen LogP contribution is -2.27. The van der Waals surface area contributed by atoms with Gasteiger partial charge < -0.3 is 16.2 Å². The molecule has 2 aromatic heterocycles. The monoisotopic (exact) mass is 361 g/mol. The number of carbonyl (C=O) groups is 1. The van der Waals surface area contributed by atoms with Crippen molar-refractivity contribution in [2.45, 2.75) is 26.7 Å². The minimum Gasteiger partial charge on any atom is -0.397 e. The maximum Gasteiger partial charge on any atom is 0.247 e. The van der Waals surface area contributed by atoms with E-state index in [2.05, 4.69) is 20.5 Å². The van der Waals surface area contributed by atoms with Gasteiger partial charge in [0.15, 0.2) is 0 Å². The molecule has 0 spiro atoms. The molecule has 8 heteroatoms. The summed E-state index contributed by atoms with van der Waals surface area (Å²) in [5, 5.41) is 17.2. The number of hydrogen-bond donors (Lipinski definition) is 4. The molecule has 0 saturated carbocycles. The van der Waals surface area contributed by atoms with Crippen molar-refractivity contribution >= 4 is 34.8 Å². The highest BCUT2D eigenvalue weighted by Crippen LogP contribution is 2.39.